The molecule has 13 heteroatoms. The van der Waals surface area contributed by atoms with Gasteiger partial charge in [0.05, 0.1) is 25.1 Å². The van der Waals surface area contributed by atoms with E-state index in [1.54, 1.807) is 29.8 Å². The lowest BCUT2D eigenvalue weighted by molar-refractivity contribution is -0.577. The normalized spacial score (nSPS) is 33.4. The summed E-state index contributed by atoms with van der Waals surface area (Å²) in [6.45, 7) is 8.87. The Morgan fingerprint density at radius 1 is 1.13 bits per heavy atom. The molecule has 5 fully saturated rings. The number of rotatable bonds is 10. The summed E-state index contributed by atoms with van der Waals surface area (Å²) in [4.78, 5) is 36.4. The second kappa shape index (κ2) is 12.3. The summed E-state index contributed by atoms with van der Waals surface area (Å²) in [7, 11) is 0. The molecule has 0 radical (unpaired) electrons. The lowest BCUT2D eigenvalue weighted by Gasteiger charge is -2.60. The Morgan fingerprint density at radius 2 is 2.00 bits per heavy atom. The van der Waals surface area contributed by atoms with E-state index in [-0.39, 0.29) is 30.7 Å². The highest BCUT2D eigenvalue weighted by Gasteiger charge is 2.69. The predicted molar refractivity (Wildman–Crippen MR) is 160 cm³/mol. The summed E-state index contributed by atoms with van der Waals surface area (Å²) in [6.07, 6.45) is 6.27. The molecule has 4 saturated heterocycles. The average Bonchev–Trinajstić information content (AvgIpc) is 3.37. The van der Waals surface area contributed by atoms with Crippen LogP contribution < -0.4 is 10.4 Å². The predicted octanol–water partition coefficient (Wildman–Crippen LogP) is 4.75. The van der Waals surface area contributed by atoms with E-state index in [1.165, 1.54) is 6.07 Å². The summed E-state index contributed by atoms with van der Waals surface area (Å²) in [5, 5.41) is 9.02. The number of aryl methyl sites for hydroxylation is 1. The number of esters is 1. The largest absolute Gasteiger partial charge is 0.471 e. The maximum absolute atomic E-state index is 12.3. The maximum atomic E-state index is 12.3. The zero-order chi connectivity index (χ0) is 32.1. The van der Waals surface area contributed by atoms with Crippen molar-refractivity contribution in [3.05, 3.63) is 52.1 Å². The molecule has 2 bridgehead atoms. The molecular formula is C33H41N3O10. The number of hydrogen-bond acceptors (Lipinski definition) is 12. The van der Waals surface area contributed by atoms with E-state index in [4.69, 9.17) is 37.9 Å². The van der Waals surface area contributed by atoms with Crippen LogP contribution in [0.1, 0.15) is 75.9 Å². The van der Waals surface area contributed by atoms with Gasteiger partial charge in [-0.25, -0.2) is 24.0 Å². The molecular weight excluding hydrogens is 598 g/mol. The first-order valence-electron chi connectivity index (χ1n) is 16.3. The third kappa shape index (κ3) is 5.62. The average molecular weight is 640 g/mol. The van der Waals surface area contributed by atoms with Crippen LogP contribution in [0.4, 0.5) is 0 Å². The van der Waals surface area contributed by atoms with Gasteiger partial charge >= 0.3 is 11.6 Å². The number of benzene rings is 1. The van der Waals surface area contributed by atoms with Gasteiger partial charge in [0.2, 0.25) is 5.79 Å². The Kier molecular flexibility index (Phi) is 8.39. The molecule has 2 aromatic heterocycles. The molecule has 46 heavy (non-hydrogen) atoms. The van der Waals surface area contributed by atoms with Crippen molar-refractivity contribution in [2.45, 2.75) is 96.9 Å². The maximum Gasteiger partial charge on any atom is 0.351 e. The Bertz CT molecular complexity index is 1640. The van der Waals surface area contributed by atoms with Crippen LogP contribution in [0, 0.1) is 23.7 Å². The fourth-order valence-electron chi connectivity index (χ4n) is 7.70. The van der Waals surface area contributed by atoms with E-state index < -0.39 is 35.6 Å². The molecule has 1 aliphatic carbocycles. The molecule has 0 N–H and O–H groups in total. The van der Waals surface area contributed by atoms with Gasteiger partial charge in [0, 0.05) is 29.7 Å². The zero-order valence-electron chi connectivity index (χ0n) is 26.6. The molecule has 8 atom stereocenters. The highest BCUT2D eigenvalue weighted by atomic mass is 17.3. The van der Waals surface area contributed by atoms with Crippen molar-refractivity contribution in [1.82, 2.24) is 15.0 Å². The molecule has 8 rings (SSSR count). The molecule has 13 nitrogen and oxygen atoms in total. The van der Waals surface area contributed by atoms with E-state index >= 15 is 0 Å². The minimum Gasteiger partial charge on any atom is -0.471 e. The SMILES string of the molecule is CCOC(=O)c1cc2ccc(OCn3cc(CCCO[C@H]4O[C@@H]5O[C@@]6(C)CC[C@H]7[C@H](C)CC[C@@H]([C@H]4C)[C@@]57OO6)nn3)cc2oc1=O. The fourth-order valence-corrected chi connectivity index (χ4v) is 7.70. The van der Waals surface area contributed by atoms with E-state index in [9.17, 15) is 9.59 Å². The third-order valence-corrected chi connectivity index (χ3v) is 10.1. The molecule has 1 aromatic carbocycles. The molecule has 0 amide bonds. The van der Waals surface area contributed by atoms with Crippen molar-refractivity contribution in [3.63, 3.8) is 0 Å². The van der Waals surface area contributed by atoms with Gasteiger partial charge in [-0.05, 0) is 76.0 Å². The summed E-state index contributed by atoms with van der Waals surface area (Å²) in [6, 6.07) is 6.48. The Hall–Kier alpha value is -3.36. The van der Waals surface area contributed by atoms with Gasteiger partial charge in [-0.3, -0.25) is 0 Å². The lowest BCUT2D eigenvalue weighted by Crippen LogP contribution is -2.70. The van der Waals surface area contributed by atoms with E-state index in [0.717, 1.165) is 37.8 Å². The molecule has 6 heterocycles. The quantitative estimate of drug-likeness (QED) is 0.131. The second-order valence-electron chi connectivity index (χ2n) is 13.1. The van der Waals surface area contributed by atoms with Crippen LogP contribution in [0.5, 0.6) is 5.75 Å². The van der Waals surface area contributed by atoms with Crippen LogP contribution in [-0.4, -0.2) is 58.1 Å². The van der Waals surface area contributed by atoms with Gasteiger partial charge in [-0.2, -0.15) is 0 Å². The number of aromatic nitrogens is 3. The number of fused-ring (bicyclic) bond motifs is 3. The van der Waals surface area contributed by atoms with Crippen molar-refractivity contribution in [2.75, 3.05) is 13.2 Å². The van der Waals surface area contributed by atoms with Crippen molar-refractivity contribution in [3.8, 4) is 5.75 Å². The summed E-state index contributed by atoms with van der Waals surface area (Å²) in [5.74, 6) is 0.142. The number of nitrogens with zero attached hydrogens (tertiary/aromatic N) is 3. The highest BCUT2D eigenvalue weighted by Crippen LogP contribution is 2.60. The van der Waals surface area contributed by atoms with Crippen LogP contribution in [-0.2, 0) is 41.9 Å². The first-order valence-corrected chi connectivity index (χ1v) is 16.3. The van der Waals surface area contributed by atoms with Crippen molar-refractivity contribution < 1.29 is 42.7 Å². The van der Waals surface area contributed by atoms with E-state index in [0.29, 0.717) is 41.6 Å². The monoisotopic (exact) mass is 639 g/mol. The molecule has 3 aromatic rings. The molecule has 4 aliphatic heterocycles. The minimum absolute atomic E-state index is 0.114. The second-order valence-corrected chi connectivity index (χ2v) is 13.1. The van der Waals surface area contributed by atoms with Gasteiger partial charge in [-0.15, -0.1) is 5.10 Å². The highest BCUT2D eigenvalue weighted by molar-refractivity contribution is 5.93. The van der Waals surface area contributed by atoms with Crippen LogP contribution in [0.15, 0.2) is 39.7 Å². The number of carbonyl (C=O) groups is 1. The first kappa shape index (κ1) is 31.3. The molecule has 1 spiro atoms. The molecule has 0 unspecified atom stereocenters. The molecule has 5 aliphatic rings. The topological polar surface area (TPSA) is 143 Å². The zero-order valence-corrected chi connectivity index (χ0v) is 26.6. The summed E-state index contributed by atoms with van der Waals surface area (Å²) < 4.78 is 36.9. The number of ether oxygens (including phenoxy) is 5. The number of hydrogen-bond donors (Lipinski definition) is 0. The first-order chi connectivity index (χ1) is 22.2. The van der Waals surface area contributed by atoms with Gasteiger partial charge in [0.15, 0.2) is 24.9 Å². The smallest absolute Gasteiger partial charge is 0.351 e. The lowest BCUT2D eigenvalue weighted by atomic mass is 9.58. The Morgan fingerprint density at radius 3 is 2.85 bits per heavy atom. The Balaban J connectivity index is 0.915. The standard InChI is InChI=1S/C33H41N3O10/c1-5-39-28(37)24-15-21-9-10-23(16-27(21)42-29(24)38)41-18-36-17-22(34-35-36)7-6-14-40-30-20(3)26-11-8-19(2)25-12-13-32(4)44-31(43-30)33(25,26)46-45-32/h9-10,15-17,19-20,25-26,30-31H,5-8,11-14,18H2,1-4H3/t19-,20-,25+,26+,30+,31-,32-,33-/m1/s1. The summed E-state index contributed by atoms with van der Waals surface area (Å²) in [5.41, 5.74) is -0.392. The van der Waals surface area contributed by atoms with E-state index in [1.807, 2.05) is 13.1 Å². The van der Waals surface area contributed by atoms with Crippen LogP contribution >= 0.6 is 0 Å². The number of carbonyl (C=O) groups excluding carboxylic acids is 1. The van der Waals surface area contributed by atoms with Gasteiger partial charge in [-0.1, -0.05) is 19.1 Å². The third-order valence-electron chi connectivity index (χ3n) is 10.1. The van der Waals surface area contributed by atoms with Crippen molar-refractivity contribution in [2.24, 2.45) is 23.7 Å². The van der Waals surface area contributed by atoms with Crippen LogP contribution in [0.25, 0.3) is 11.0 Å². The van der Waals surface area contributed by atoms with Gasteiger partial charge in [0.25, 0.3) is 0 Å². The molecule has 1 saturated carbocycles. The van der Waals surface area contributed by atoms with Crippen LogP contribution in [0.3, 0.4) is 0 Å². The van der Waals surface area contributed by atoms with Gasteiger partial charge in [0.1, 0.15) is 16.9 Å². The Labute approximate surface area is 266 Å². The fraction of sp³-hybridized carbons (Fsp3) is 0.636. The van der Waals surface area contributed by atoms with Crippen molar-refractivity contribution in [1.29, 1.82) is 0 Å². The minimum atomic E-state index is -0.808. The molecule has 248 valence electrons. The van der Waals surface area contributed by atoms with Gasteiger partial charge < -0.3 is 28.1 Å². The van der Waals surface area contributed by atoms with E-state index in [2.05, 4.69) is 24.2 Å². The van der Waals surface area contributed by atoms with Crippen molar-refractivity contribution >= 4 is 16.9 Å². The summed E-state index contributed by atoms with van der Waals surface area (Å²) >= 11 is 0. The van der Waals surface area contributed by atoms with Crippen LogP contribution in [0.2, 0.25) is 0 Å².